The number of carbonyl (C=O) groups excluding carboxylic acids is 3. The highest BCUT2D eigenvalue weighted by molar-refractivity contribution is 7.52. The van der Waals surface area contributed by atoms with Gasteiger partial charge in [-0.2, -0.15) is 8.78 Å². The average Bonchev–Trinajstić information content (AvgIpc) is 3.43. The molecule has 0 bridgehead atoms. The smallest absolute Gasteiger partial charge is 0.381 e. The molecule has 14 heteroatoms. The van der Waals surface area contributed by atoms with Crippen molar-refractivity contribution in [3.63, 3.8) is 0 Å². The lowest BCUT2D eigenvalue weighted by molar-refractivity contribution is -0.156. The molecule has 40 heavy (non-hydrogen) atoms. The number of hydrogen-bond donors (Lipinski definition) is 3. The van der Waals surface area contributed by atoms with E-state index in [1.165, 1.54) is 12.1 Å². The molecule has 3 N–H and O–H groups in total. The molecular formula is C26H30F2N3O7PS. The van der Waals surface area contributed by atoms with Crippen LogP contribution >= 0.6 is 18.9 Å². The minimum atomic E-state index is -5.73. The van der Waals surface area contributed by atoms with Crippen LogP contribution in [-0.2, 0) is 24.6 Å². The van der Waals surface area contributed by atoms with Crippen molar-refractivity contribution in [3.05, 3.63) is 34.7 Å². The van der Waals surface area contributed by atoms with Gasteiger partial charge in [0.05, 0.1) is 18.1 Å². The van der Waals surface area contributed by atoms with Gasteiger partial charge in [0, 0.05) is 41.2 Å². The van der Waals surface area contributed by atoms with Crippen LogP contribution in [0.1, 0.15) is 47.3 Å². The maximum absolute atomic E-state index is 14.2. The van der Waals surface area contributed by atoms with Crippen LogP contribution in [0, 0.1) is 11.8 Å². The first kappa shape index (κ1) is 27.7. The molecule has 3 atom stereocenters. The normalized spacial score (nSPS) is 26.3. The molecular weight excluding hydrogens is 567 g/mol. The Morgan fingerprint density at radius 2 is 1.82 bits per heavy atom. The summed E-state index contributed by atoms with van der Waals surface area (Å²) in [5, 5.41) is 3.03. The molecule has 6 rings (SSSR count). The van der Waals surface area contributed by atoms with Crippen LogP contribution in [0.5, 0.6) is 0 Å². The zero-order chi connectivity index (χ0) is 28.4. The van der Waals surface area contributed by atoms with Gasteiger partial charge < -0.3 is 29.6 Å². The Bertz CT molecular complexity index is 1400. The summed E-state index contributed by atoms with van der Waals surface area (Å²) in [6.45, 7) is 2.85. The molecule has 4 aliphatic rings. The van der Waals surface area contributed by atoms with Crippen LogP contribution in [0.2, 0.25) is 0 Å². The monoisotopic (exact) mass is 597 g/mol. The summed E-state index contributed by atoms with van der Waals surface area (Å²) in [4.78, 5) is 61.9. The molecule has 0 radical (unpaired) electrons. The molecule has 216 valence electrons. The van der Waals surface area contributed by atoms with Crippen molar-refractivity contribution in [3.8, 4) is 0 Å². The predicted molar refractivity (Wildman–Crippen MR) is 141 cm³/mol. The highest BCUT2D eigenvalue weighted by Gasteiger charge is 2.51. The van der Waals surface area contributed by atoms with Crippen LogP contribution in [-0.4, -0.2) is 81.7 Å². The molecule has 2 aromatic rings. The Morgan fingerprint density at radius 3 is 2.50 bits per heavy atom. The van der Waals surface area contributed by atoms with Gasteiger partial charge in [-0.25, -0.2) is 0 Å². The summed E-state index contributed by atoms with van der Waals surface area (Å²) in [5.74, 6) is 0.0919. The third kappa shape index (κ3) is 4.75. The first-order valence-electron chi connectivity index (χ1n) is 13.4. The van der Waals surface area contributed by atoms with Gasteiger partial charge in [-0.1, -0.05) is 6.07 Å². The number of nitrogens with one attached hydrogen (secondary N) is 1. The number of halogens is 2. The number of rotatable bonds is 6. The van der Waals surface area contributed by atoms with Gasteiger partial charge in [0.25, 0.3) is 5.91 Å². The molecule has 10 nitrogen and oxygen atoms in total. The summed E-state index contributed by atoms with van der Waals surface area (Å²) in [5.41, 5.74) is -5.21. The average molecular weight is 598 g/mol. The van der Waals surface area contributed by atoms with Crippen LogP contribution in [0.25, 0.3) is 10.1 Å². The van der Waals surface area contributed by atoms with Crippen LogP contribution in [0.3, 0.4) is 0 Å². The van der Waals surface area contributed by atoms with E-state index < -0.39 is 36.8 Å². The fourth-order valence-corrected chi connectivity index (χ4v) is 7.63. The number of alkyl halides is 2. The number of ether oxygens (including phenoxy) is 1. The third-order valence-corrected chi connectivity index (χ3v) is 10.8. The molecule has 4 saturated heterocycles. The number of carbonyl (C=O) groups is 3. The van der Waals surface area contributed by atoms with Crippen molar-refractivity contribution < 1.29 is 42.3 Å². The van der Waals surface area contributed by atoms with E-state index in [9.17, 15) is 27.7 Å². The summed E-state index contributed by atoms with van der Waals surface area (Å²) in [6.07, 6.45) is 3.23. The first-order valence-corrected chi connectivity index (χ1v) is 15.8. The van der Waals surface area contributed by atoms with Crippen molar-refractivity contribution in [2.24, 2.45) is 11.8 Å². The van der Waals surface area contributed by atoms with E-state index in [0.29, 0.717) is 48.9 Å². The van der Waals surface area contributed by atoms with Crippen molar-refractivity contribution in [2.75, 3.05) is 26.3 Å². The van der Waals surface area contributed by atoms with Crippen LogP contribution in [0.4, 0.5) is 8.78 Å². The molecule has 0 spiro atoms. The Kier molecular flexibility index (Phi) is 7.02. The fraction of sp³-hybridized carbons (Fsp3) is 0.577. The number of thiophene rings is 1. The van der Waals surface area contributed by atoms with E-state index in [0.717, 1.165) is 49.5 Å². The minimum Gasteiger partial charge on any atom is -0.381 e. The molecule has 4 fully saturated rings. The number of likely N-dealkylation sites (tertiary alicyclic amines) is 1. The van der Waals surface area contributed by atoms with Crippen molar-refractivity contribution >= 4 is 46.7 Å². The second-order valence-corrected chi connectivity index (χ2v) is 13.9. The summed E-state index contributed by atoms with van der Waals surface area (Å²) >= 11 is 1.03. The first-order chi connectivity index (χ1) is 18.9. The molecule has 0 unspecified atom stereocenters. The van der Waals surface area contributed by atoms with E-state index in [2.05, 4.69) is 5.32 Å². The molecule has 0 aliphatic carbocycles. The molecule has 1 aromatic carbocycles. The van der Waals surface area contributed by atoms with Crippen molar-refractivity contribution in [1.29, 1.82) is 0 Å². The summed E-state index contributed by atoms with van der Waals surface area (Å²) in [7, 11) is -5.73. The van der Waals surface area contributed by atoms with E-state index in [4.69, 9.17) is 14.5 Å². The van der Waals surface area contributed by atoms with E-state index >= 15 is 0 Å². The van der Waals surface area contributed by atoms with Crippen molar-refractivity contribution in [1.82, 2.24) is 15.1 Å². The standard InChI is InChI=1S/C26H30F2N3O7PS/c27-26(28,39(35,36)37)17-4-7-21-14(8-17)9-22(40-21)23(32)29-19-3-1-2-18-5-6-20(31(18)24(19)33)25(34)30-10-15(11-30)16-12-38-13-16/h4,7-9,15-16,18-20H,1-3,5-6,10-13H2,(H,29,32)(H2,35,36,37)/t18-,19-,20-/m0/s1. The third-order valence-electron chi connectivity index (χ3n) is 8.68. The second-order valence-electron chi connectivity index (χ2n) is 11.2. The Balaban J connectivity index is 1.15. The predicted octanol–water partition coefficient (Wildman–Crippen LogP) is 2.88. The Morgan fingerprint density at radius 1 is 1.07 bits per heavy atom. The number of nitrogens with zero attached hydrogens (tertiary/aromatic N) is 2. The molecule has 5 heterocycles. The summed E-state index contributed by atoms with van der Waals surface area (Å²) < 4.78 is 45.4. The maximum atomic E-state index is 14.2. The van der Waals surface area contributed by atoms with Gasteiger partial charge in [-0.3, -0.25) is 18.9 Å². The highest BCUT2D eigenvalue weighted by atomic mass is 32.1. The highest BCUT2D eigenvalue weighted by Crippen LogP contribution is 2.59. The largest absolute Gasteiger partial charge is 0.399 e. The van der Waals surface area contributed by atoms with Gasteiger partial charge in [0.1, 0.15) is 12.1 Å². The Hall–Kier alpha value is -2.44. The van der Waals surface area contributed by atoms with Crippen LogP contribution in [0.15, 0.2) is 24.3 Å². The lowest BCUT2D eigenvalue weighted by Crippen LogP contribution is -2.61. The van der Waals surface area contributed by atoms with E-state index in [1.807, 2.05) is 4.90 Å². The lowest BCUT2D eigenvalue weighted by Gasteiger charge is -2.47. The molecule has 3 amide bonds. The topological polar surface area (TPSA) is 136 Å². The van der Waals surface area contributed by atoms with Gasteiger partial charge in [0.15, 0.2) is 0 Å². The quantitative estimate of drug-likeness (QED) is 0.436. The van der Waals surface area contributed by atoms with Gasteiger partial charge in [-0.15, -0.1) is 11.3 Å². The van der Waals surface area contributed by atoms with Crippen LogP contribution < -0.4 is 5.32 Å². The summed E-state index contributed by atoms with van der Waals surface area (Å²) in [6, 6.07) is 3.15. The van der Waals surface area contributed by atoms with Crippen molar-refractivity contribution in [2.45, 2.75) is 55.9 Å². The zero-order valence-corrected chi connectivity index (χ0v) is 23.2. The SMILES string of the molecule is O=C(N[C@H]1CCC[C@H]2CC[C@@H](C(=O)N3CC(C4COC4)C3)N2C1=O)c1cc2cc(C(F)(F)P(=O)(O)O)ccc2s1. The lowest BCUT2D eigenvalue weighted by atomic mass is 9.84. The number of amides is 3. The van der Waals surface area contributed by atoms with Gasteiger partial charge in [-0.05, 0) is 55.7 Å². The fourth-order valence-electron chi connectivity index (χ4n) is 6.20. The van der Waals surface area contributed by atoms with Gasteiger partial charge >= 0.3 is 13.3 Å². The Labute approximate surface area is 232 Å². The number of hydrogen-bond acceptors (Lipinski definition) is 6. The molecule has 1 aromatic heterocycles. The zero-order valence-electron chi connectivity index (χ0n) is 21.5. The number of benzene rings is 1. The van der Waals surface area contributed by atoms with Gasteiger partial charge in [0.2, 0.25) is 11.8 Å². The van der Waals surface area contributed by atoms with E-state index in [1.54, 1.807) is 4.90 Å². The molecule has 4 aliphatic heterocycles. The minimum absolute atomic E-state index is 0.0354. The maximum Gasteiger partial charge on any atom is 0.399 e. The second kappa shape index (κ2) is 10.1. The number of fused-ring (bicyclic) bond motifs is 2. The molecule has 0 saturated carbocycles. The van der Waals surface area contributed by atoms with E-state index in [-0.39, 0.29) is 28.1 Å².